The van der Waals surface area contributed by atoms with Crippen LogP contribution in [-0.2, 0) is 0 Å². The normalized spacial score (nSPS) is 10.4. The maximum absolute atomic E-state index is 12.1. The van der Waals surface area contributed by atoms with Crippen molar-refractivity contribution >= 4 is 34.8 Å². The summed E-state index contributed by atoms with van der Waals surface area (Å²) in [5.41, 5.74) is 1.20. The van der Waals surface area contributed by atoms with E-state index in [1.54, 1.807) is 19.1 Å². The number of aryl methyl sites for hydroxylation is 1. The molecule has 1 N–H and O–H groups in total. The molecule has 0 bridgehead atoms. The van der Waals surface area contributed by atoms with E-state index in [1.807, 2.05) is 0 Å². The fourth-order valence-corrected chi connectivity index (χ4v) is 2.44. The Morgan fingerprint density at radius 2 is 1.67 bits per heavy atom. The van der Waals surface area contributed by atoms with Gasteiger partial charge >= 0.3 is 0 Å². The number of ketones is 2. The third kappa shape index (κ3) is 3.63. The van der Waals surface area contributed by atoms with Gasteiger partial charge < -0.3 is 5.11 Å². The summed E-state index contributed by atoms with van der Waals surface area (Å²) in [5, 5.41) is 10.3. The molecule has 0 heterocycles. The molecule has 0 unspecified atom stereocenters. The Balaban J connectivity index is 2.23. The minimum Gasteiger partial charge on any atom is -0.507 e. The fourth-order valence-electron chi connectivity index (χ4n) is 1.93. The molecule has 108 valence electrons. The van der Waals surface area contributed by atoms with Gasteiger partial charge in [-0.05, 0) is 37.3 Å². The molecule has 0 saturated heterocycles. The first-order chi connectivity index (χ1) is 9.88. The van der Waals surface area contributed by atoms with Crippen molar-refractivity contribution in [1.82, 2.24) is 0 Å². The molecule has 2 aromatic carbocycles. The van der Waals surface area contributed by atoms with Crippen LogP contribution in [0, 0.1) is 6.92 Å². The topological polar surface area (TPSA) is 54.4 Å². The molecule has 0 radical (unpaired) electrons. The second-order valence-electron chi connectivity index (χ2n) is 4.67. The maximum Gasteiger partial charge on any atom is 0.174 e. The standard InChI is InChI=1S/C16H12Cl2O3/c1-9-2-5-14(19)12(6-9)16(21)8-15(20)11-4-3-10(17)7-13(11)18/h2-7,19H,8H2,1H3. The largest absolute Gasteiger partial charge is 0.507 e. The second-order valence-corrected chi connectivity index (χ2v) is 5.51. The number of hydrogen-bond donors (Lipinski definition) is 1. The highest BCUT2D eigenvalue weighted by Crippen LogP contribution is 2.24. The molecule has 2 rings (SSSR count). The first-order valence-corrected chi connectivity index (χ1v) is 6.95. The van der Waals surface area contributed by atoms with Crippen LogP contribution in [0.2, 0.25) is 10.0 Å². The lowest BCUT2D eigenvalue weighted by atomic mass is 9.99. The van der Waals surface area contributed by atoms with E-state index in [9.17, 15) is 14.7 Å². The quantitative estimate of drug-likeness (QED) is 0.667. The van der Waals surface area contributed by atoms with Crippen LogP contribution in [0.5, 0.6) is 5.75 Å². The number of Topliss-reactive ketones (excluding diaryl/α,β-unsaturated/α-hetero) is 2. The number of phenolic OH excluding ortho intramolecular Hbond substituents is 1. The van der Waals surface area contributed by atoms with Gasteiger partial charge in [0.15, 0.2) is 11.6 Å². The molecule has 2 aromatic rings. The first kappa shape index (κ1) is 15.5. The van der Waals surface area contributed by atoms with Crippen molar-refractivity contribution in [3.8, 4) is 5.75 Å². The molecule has 0 aliphatic carbocycles. The van der Waals surface area contributed by atoms with E-state index in [4.69, 9.17) is 23.2 Å². The maximum atomic E-state index is 12.1. The number of phenols is 1. The van der Waals surface area contributed by atoms with Crippen LogP contribution in [0.3, 0.4) is 0 Å². The highest BCUT2D eigenvalue weighted by atomic mass is 35.5. The van der Waals surface area contributed by atoms with E-state index in [0.29, 0.717) is 5.02 Å². The van der Waals surface area contributed by atoms with Crippen LogP contribution in [-0.4, -0.2) is 16.7 Å². The molecule has 21 heavy (non-hydrogen) atoms. The SMILES string of the molecule is Cc1ccc(O)c(C(=O)CC(=O)c2ccc(Cl)cc2Cl)c1. The minimum atomic E-state index is -0.452. The van der Waals surface area contributed by atoms with Gasteiger partial charge in [0.25, 0.3) is 0 Å². The average Bonchev–Trinajstić information content (AvgIpc) is 2.41. The molecular formula is C16H12Cl2O3. The number of carbonyl (C=O) groups excluding carboxylic acids is 2. The Kier molecular flexibility index (Phi) is 4.66. The van der Waals surface area contributed by atoms with Gasteiger partial charge in [0, 0.05) is 10.6 Å². The Morgan fingerprint density at radius 3 is 2.33 bits per heavy atom. The van der Waals surface area contributed by atoms with Crippen molar-refractivity contribution in [2.75, 3.05) is 0 Å². The van der Waals surface area contributed by atoms with Gasteiger partial charge in [-0.2, -0.15) is 0 Å². The zero-order valence-corrected chi connectivity index (χ0v) is 12.7. The summed E-state index contributed by atoms with van der Waals surface area (Å²) in [5.74, 6) is -1.00. The Hall–Kier alpha value is -1.84. The number of halogens is 2. The molecule has 5 heteroatoms. The monoisotopic (exact) mass is 322 g/mol. The van der Waals surface area contributed by atoms with Crippen molar-refractivity contribution in [2.45, 2.75) is 13.3 Å². The fraction of sp³-hybridized carbons (Fsp3) is 0.125. The average molecular weight is 323 g/mol. The van der Waals surface area contributed by atoms with Gasteiger partial charge in [-0.25, -0.2) is 0 Å². The lowest BCUT2D eigenvalue weighted by molar-refractivity contribution is 0.0893. The van der Waals surface area contributed by atoms with E-state index in [2.05, 4.69) is 0 Å². The zero-order valence-electron chi connectivity index (χ0n) is 11.2. The lowest BCUT2D eigenvalue weighted by Crippen LogP contribution is -2.09. The van der Waals surface area contributed by atoms with Crippen molar-refractivity contribution in [2.24, 2.45) is 0 Å². The third-order valence-electron chi connectivity index (χ3n) is 3.01. The van der Waals surface area contributed by atoms with Crippen molar-refractivity contribution in [3.05, 3.63) is 63.1 Å². The Morgan fingerprint density at radius 1 is 1.00 bits per heavy atom. The molecular weight excluding hydrogens is 311 g/mol. The molecule has 0 saturated carbocycles. The van der Waals surface area contributed by atoms with Gasteiger partial charge in [-0.1, -0.05) is 34.8 Å². The molecule has 0 aromatic heterocycles. The van der Waals surface area contributed by atoms with Gasteiger partial charge in [-0.3, -0.25) is 9.59 Å². The molecule has 0 aliphatic heterocycles. The highest BCUT2D eigenvalue weighted by molar-refractivity contribution is 6.37. The Labute approximate surface area is 132 Å². The van der Waals surface area contributed by atoms with Crippen molar-refractivity contribution in [3.63, 3.8) is 0 Å². The van der Waals surface area contributed by atoms with Crippen LogP contribution >= 0.6 is 23.2 Å². The number of rotatable bonds is 4. The highest BCUT2D eigenvalue weighted by Gasteiger charge is 2.18. The number of carbonyl (C=O) groups is 2. The summed E-state index contributed by atoms with van der Waals surface area (Å²) in [6.07, 6.45) is -0.363. The number of aromatic hydroxyl groups is 1. The summed E-state index contributed by atoms with van der Waals surface area (Å²) in [4.78, 5) is 24.3. The molecule has 0 spiro atoms. The molecule has 0 fully saturated rings. The van der Waals surface area contributed by atoms with E-state index in [1.165, 1.54) is 24.3 Å². The smallest absolute Gasteiger partial charge is 0.174 e. The predicted octanol–water partition coefficient (Wildman–Crippen LogP) is 4.46. The van der Waals surface area contributed by atoms with Crippen molar-refractivity contribution < 1.29 is 14.7 Å². The summed E-state index contributed by atoms with van der Waals surface area (Å²) in [6.45, 7) is 1.80. The van der Waals surface area contributed by atoms with Crippen molar-refractivity contribution in [1.29, 1.82) is 0 Å². The van der Waals surface area contributed by atoms with E-state index >= 15 is 0 Å². The van der Waals surface area contributed by atoms with Crippen LogP contribution < -0.4 is 0 Å². The van der Waals surface area contributed by atoms with E-state index in [-0.39, 0.29) is 28.3 Å². The predicted molar refractivity (Wildman–Crippen MR) is 82.6 cm³/mol. The summed E-state index contributed by atoms with van der Waals surface area (Å²) in [7, 11) is 0. The Bertz CT molecular complexity index is 723. The molecule has 3 nitrogen and oxygen atoms in total. The van der Waals surface area contributed by atoms with Gasteiger partial charge in [0.1, 0.15) is 5.75 Å². The molecule has 0 atom stereocenters. The third-order valence-corrected chi connectivity index (χ3v) is 3.55. The zero-order chi connectivity index (χ0) is 15.6. The van der Waals surface area contributed by atoms with E-state index < -0.39 is 11.6 Å². The number of benzene rings is 2. The minimum absolute atomic E-state index is 0.133. The van der Waals surface area contributed by atoms with Crippen LogP contribution in [0.15, 0.2) is 36.4 Å². The van der Waals surface area contributed by atoms with Gasteiger partial charge in [-0.15, -0.1) is 0 Å². The van der Waals surface area contributed by atoms with Crippen LogP contribution in [0.25, 0.3) is 0 Å². The van der Waals surface area contributed by atoms with Gasteiger partial charge in [0.2, 0.25) is 0 Å². The van der Waals surface area contributed by atoms with Gasteiger partial charge in [0.05, 0.1) is 17.0 Å². The summed E-state index contributed by atoms with van der Waals surface area (Å²) in [6, 6.07) is 9.14. The molecule has 0 aliphatic rings. The first-order valence-electron chi connectivity index (χ1n) is 6.19. The number of hydrogen-bond acceptors (Lipinski definition) is 3. The lowest BCUT2D eigenvalue weighted by Gasteiger charge is -2.06. The summed E-state index contributed by atoms with van der Waals surface area (Å²) >= 11 is 11.7. The second kappa shape index (κ2) is 6.29. The van der Waals surface area contributed by atoms with Crippen LogP contribution in [0.1, 0.15) is 32.7 Å². The molecule has 0 amide bonds. The van der Waals surface area contributed by atoms with E-state index in [0.717, 1.165) is 5.56 Å². The van der Waals surface area contributed by atoms with Crippen LogP contribution in [0.4, 0.5) is 0 Å². The summed E-state index contributed by atoms with van der Waals surface area (Å²) < 4.78 is 0.